The van der Waals surface area contributed by atoms with Crippen LogP contribution in [0.4, 0.5) is 0 Å². The van der Waals surface area contributed by atoms with Crippen molar-refractivity contribution in [1.29, 1.82) is 0 Å². The first-order valence-corrected chi connectivity index (χ1v) is 7.10. The second kappa shape index (κ2) is 5.24. The Morgan fingerprint density at radius 1 is 1.37 bits per heavy atom. The molecule has 0 heterocycles. The van der Waals surface area contributed by atoms with E-state index in [0.717, 1.165) is 0 Å². The van der Waals surface area contributed by atoms with E-state index in [4.69, 9.17) is 5.73 Å². The van der Waals surface area contributed by atoms with Crippen molar-refractivity contribution >= 4 is 15.9 Å². The summed E-state index contributed by atoms with van der Waals surface area (Å²) in [6.07, 6.45) is 0. The minimum Gasteiger partial charge on any atom is -0.312 e. The molecule has 0 spiro atoms. The molecule has 0 aliphatic heterocycles. The third kappa shape index (κ3) is 2.91. The van der Waals surface area contributed by atoms with Gasteiger partial charge >= 0.3 is 0 Å². The summed E-state index contributed by atoms with van der Waals surface area (Å²) < 4.78 is 31.8. The van der Waals surface area contributed by atoms with Crippen LogP contribution in [0.25, 0.3) is 0 Å². The lowest BCUT2D eigenvalue weighted by Gasteiger charge is -2.32. The molecule has 0 aliphatic carbocycles. The molecule has 0 bridgehead atoms. The molecule has 0 fully saturated rings. The van der Waals surface area contributed by atoms with Crippen LogP contribution in [-0.4, -0.2) is 24.1 Å². The summed E-state index contributed by atoms with van der Waals surface area (Å²) in [4.78, 5) is 12.3. The smallest absolute Gasteiger partial charge is 0.282 e. The Labute approximate surface area is 112 Å². The summed E-state index contributed by atoms with van der Waals surface area (Å²) in [6.45, 7) is 6.39. The van der Waals surface area contributed by atoms with E-state index < -0.39 is 26.7 Å². The van der Waals surface area contributed by atoms with E-state index >= 15 is 0 Å². The molecule has 3 N–H and O–H groups in total. The first-order chi connectivity index (χ1) is 8.61. The van der Waals surface area contributed by atoms with Crippen molar-refractivity contribution < 1.29 is 17.8 Å². The highest BCUT2D eigenvalue weighted by molar-refractivity contribution is 7.86. The third-order valence-electron chi connectivity index (χ3n) is 3.12. The van der Waals surface area contributed by atoms with Crippen molar-refractivity contribution in [1.82, 2.24) is 0 Å². The van der Waals surface area contributed by atoms with Gasteiger partial charge in [-0.1, -0.05) is 36.9 Å². The van der Waals surface area contributed by atoms with Gasteiger partial charge in [-0.2, -0.15) is 8.42 Å². The largest absolute Gasteiger partial charge is 0.312 e. The first kappa shape index (κ1) is 15.6. The van der Waals surface area contributed by atoms with Crippen LogP contribution in [0.2, 0.25) is 0 Å². The molecule has 1 aromatic carbocycles. The number of hydrogen-bond donors (Lipinski definition) is 2. The Bertz CT molecular complexity index is 594. The molecule has 1 rings (SSSR count). The van der Waals surface area contributed by atoms with Gasteiger partial charge in [0.2, 0.25) is 0 Å². The maximum Gasteiger partial charge on any atom is 0.282 e. The molecule has 0 aromatic heterocycles. The van der Waals surface area contributed by atoms with Gasteiger partial charge in [-0.25, -0.2) is 0 Å². The van der Waals surface area contributed by atoms with Crippen LogP contribution in [0.15, 0.2) is 42.5 Å². The maximum atomic E-state index is 12.3. The first-order valence-electron chi connectivity index (χ1n) is 5.59. The Balaban J connectivity index is 3.52. The van der Waals surface area contributed by atoms with E-state index in [0.29, 0.717) is 5.56 Å². The minimum atomic E-state index is -4.57. The van der Waals surface area contributed by atoms with Crippen LogP contribution in [0.1, 0.15) is 19.4 Å². The minimum absolute atomic E-state index is 0.172. The summed E-state index contributed by atoms with van der Waals surface area (Å²) in [5, 5.41) is -1.76. The van der Waals surface area contributed by atoms with Crippen molar-refractivity contribution in [3.8, 4) is 0 Å². The van der Waals surface area contributed by atoms with E-state index in [-0.39, 0.29) is 5.57 Å². The molecule has 0 saturated heterocycles. The number of rotatable bonds is 5. The highest BCUT2D eigenvalue weighted by Gasteiger charge is 2.46. The summed E-state index contributed by atoms with van der Waals surface area (Å²) in [5.41, 5.74) is 4.60. The zero-order chi connectivity index (χ0) is 14.8. The monoisotopic (exact) mass is 283 g/mol. The average molecular weight is 283 g/mol. The van der Waals surface area contributed by atoms with Crippen molar-refractivity contribution in [2.24, 2.45) is 5.73 Å². The van der Waals surface area contributed by atoms with Gasteiger partial charge in [-0.3, -0.25) is 9.35 Å². The molecule has 0 aliphatic rings. The van der Waals surface area contributed by atoms with Gasteiger partial charge in [0.05, 0.1) is 5.41 Å². The molecule has 6 heteroatoms. The number of benzene rings is 1. The summed E-state index contributed by atoms with van der Waals surface area (Å²) in [7, 11) is -4.57. The third-order valence-corrected chi connectivity index (χ3v) is 4.24. The van der Waals surface area contributed by atoms with Gasteiger partial charge in [0.15, 0.2) is 11.2 Å². The Morgan fingerprint density at radius 3 is 2.21 bits per heavy atom. The molecule has 5 nitrogen and oxygen atoms in total. The van der Waals surface area contributed by atoms with Gasteiger partial charge in [0, 0.05) is 0 Å². The van der Waals surface area contributed by atoms with E-state index in [1.807, 2.05) is 0 Å². The molecule has 0 radical (unpaired) electrons. The van der Waals surface area contributed by atoms with Crippen LogP contribution < -0.4 is 5.73 Å². The van der Waals surface area contributed by atoms with Gasteiger partial charge in [0.1, 0.15) is 0 Å². The van der Waals surface area contributed by atoms with Crippen molar-refractivity contribution in [2.75, 3.05) is 0 Å². The van der Waals surface area contributed by atoms with Crippen molar-refractivity contribution in [2.45, 2.75) is 24.6 Å². The van der Waals surface area contributed by atoms with Crippen molar-refractivity contribution in [3.63, 3.8) is 0 Å². The fourth-order valence-corrected chi connectivity index (χ4v) is 2.79. The lowest BCUT2D eigenvalue weighted by molar-refractivity contribution is -0.120. The molecule has 104 valence electrons. The fraction of sp³-hybridized carbons (Fsp3) is 0.308. The molecular weight excluding hydrogens is 266 g/mol. The zero-order valence-corrected chi connectivity index (χ0v) is 11.6. The van der Waals surface area contributed by atoms with Crippen LogP contribution >= 0.6 is 0 Å². The Morgan fingerprint density at radius 2 is 1.84 bits per heavy atom. The van der Waals surface area contributed by atoms with Gasteiger partial charge in [-0.05, 0) is 25.0 Å². The predicted octanol–water partition coefficient (Wildman–Crippen LogP) is 1.26. The Hall–Kier alpha value is -1.50. The summed E-state index contributed by atoms with van der Waals surface area (Å²) in [5.74, 6) is -0.524. The lowest BCUT2D eigenvalue weighted by atomic mass is 9.76. The van der Waals surface area contributed by atoms with Crippen LogP contribution in [0, 0.1) is 0 Å². The Kier molecular flexibility index (Phi) is 4.29. The number of nitrogens with two attached hydrogens (primary N) is 1. The number of carbonyl (C=O) groups excluding carboxylic acids is 1. The second-order valence-electron chi connectivity index (χ2n) is 4.61. The van der Waals surface area contributed by atoms with Crippen molar-refractivity contribution in [3.05, 3.63) is 48.0 Å². The highest BCUT2D eigenvalue weighted by Crippen LogP contribution is 2.32. The summed E-state index contributed by atoms with van der Waals surface area (Å²) >= 11 is 0. The highest BCUT2D eigenvalue weighted by atomic mass is 32.2. The van der Waals surface area contributed by atoms with Crippen LogP contribution in [0.5, 0.6) is 0 Å². The maximum absolute atomic E-state index is 12.3. The molecule has 1 aromatic rings. The molecule has 2 unspecified atom stereocenters. The number of allylic oxidation sites excluding steroid dienone is 1. The topological polar surface area (TPSA) is 97.5 Å². The van der Waals surface area contributed by atoms with E-state index in [1.165, 1.54) is 13.8 Å². The SMILES string of the molecule is C=C(C)C(=O)C(C)(c1ccccc1)C(N)S(=O)(=O)O. The number of Topliss-reactive ketones (excluding diaryl/α,β-unsaturated/α-hetero) is 1. The normalized spacial score (nSPS) is 16.4. The number of hydrogen-bond acceptors (Lipinski definition) is 4. The molecule has 2 atom stereocenters. The second-order valence-corrected chi connectivity index (χ2v) is 6.15. The quantitative estimate of drug-likeness (QED) is 0.626. The van der Waals surface area contributed by atoms with Gasteiger partial charge < -0.3 is 5.73 Å². The van der Waals surface area contributed by atoms with Gasteiger partial charge in [-0.15, -0.1) is 0 Å². The van der Waals surface area contributed by atoms with E-state index in [9.17, 15) is 17.8 Å². The molecule has 0 saturated carbocycles. The van der Waals surface area contributed by atoms with Gasteiger partial charge in [0.25, 0.3) is 10.1 Å². The van der Waals surface area contributed by atoms with Crippen LogP contribution in [0.3, 0.4) is 0 Å². The van der Waals surface area contributed by atoms with E-state index in [2.05, 4.69) is 6.58 Å². The number of ketones is 1. The lowest BCUT2D eigenvalue weighted by Crippen LogP contribution is -2.53. The van der Waals surface area contributed by atoms with Crippen LogP contribution in [-0.2, 0) is 20.3 Å². The molecule has 0 amide bonds. The average Bonchev–Trinajstić information content (AvgIpc) is 2.35. The predicted molar refractivity (Wildman–Crippen MR) is 73.1 cm³/mol. The standard InChI is InChI=1S/C13H17NO4S/c1-9(2)11(15)13(3,12(14)19(16,17)18)10-7-5-4-6-8-10/h4-8,12H,1,14H2,2-3H3,(H,16,17,18). The summed E-state index contributed by atoms with van der Waals surface area (Å²) in [6, 6.07) is 8.23. The fourth-order valence-electron chi connectivity index (χ4n) is 1.95. The van der Waals surface area contributed by atoms with E-state index in [1.54, 1.807) is 30.3 Å². The molecular formula is C13H17NO4S. The number of carbonyl (C=O) groups is 1. The zero-order valence-electron chi connectivity index (χ0n) is 10.8. The molecule has 19 heavy (non-hydrogen) atoms.